The topological polar surface area (TPSA) is 74.6 Å². The van der Waals surface area contributed by atoms with E-state index in [1.54, 1.807) is 0 Å². The first-order chi connectivity index (χ1) is 8.81. The average Bonchev–Trinajstić information content (AvgIpc) is 2.28. The lowest BCUT2D eigenvalue weighted by molar-refractivity contribution is -0.909. The molecule has 0 aromatic heterocycles. The van der Waals surface area contributed by atoms with Crippen LogP contribution in [0.15, 0.2) is 12.2 Å². The van der Waals surface area contributed by atoms with Crippen molar-refractivity contribution in [3.05, 3.63) is 12.2 Å². The summed E-state index contributed by atoms with van der Waals surface area (Å²) in [7, 11) is 2.39. The van der Waals surface area contributed by atoms with Crippen molar-refractivity contribution in [1.82, 2.24) is 0 Å². The van der Waals surface area contributed by atoms with Crippen molar-refractivity contribution < 1.29 is 24.3 Å². The fourth-order valence-corrected chi connectivity index (χ4v) is 2.10. The van der Waals surface area contributed by atoms with E-state index in [9.17, 15) is 9.59 Å². The Hall–Kier alpha value is -1.36. The smallest absolute Gasteiger partial charge is 0.328 e. The highest BCUT2D eigenvalue weighted by atomic mass is 16.4. The highest BCUT2D eigenvalue weighted by Crippen LogP contribution is 2.06. The summed E-state index contributed by atoms with van der Waals surface area (Å²) in [6.07, 6.45) is 5.06. The molecule has 5 nitrogen and oxygen atoms in total. The minimum atomic E-state index is -1.26. The number of carboxylic acid groups (broad SMARTS) is 2. The summed E-state index contributed by atoms with van der Waals surface area (Å²) in [6, 6.07) is 0. The molecule has 0 bridgehead atoms. The fourth-order valence-electron chi connectivity index (χ4n) is 2.10. The maximum Gasteiger partial charge on any atom is 0.328 e. The average molecular weight is 274 g/mol. The molecule has 0 unspecified atom stereocenters. The highest BCUT2D eigenvalue weighted by molar-refractivity contribution is 5.89. The second-order valence-electron chi connectivity index (χ2n) is 4.80. The van der Waals surface area contributed by atoms with E-state index >= 15 is 0 Å². The van der Waals surface area contributed by atoms with Gasteiger partial charge < -0.3 is 14.7 Å². The van der Waals surface area contributed by atoms with E-state index in [1.807, 2.05) is 0 Å². The molecule has 0 fully saturated rings. The Morgan fingerprint density at radius 2 is 1.11 bits per heavy atom. The van der Waals surface area contributed by atoms with Crippen molar-refractivity contribution in [3.8, 4) is 0 Å². The molecule has 0 aromatic carbocycles. The zero-order valence-corrected chi connectivity index (χ0v) is 12.6. The largest absolute Gasteiger partial charge is 0.478 e. The van der Waals surface area contributed by atoms with Crippen LogP contribution in [0.3, 0.4) is 0 Å². The molecule has 0 atom stereocenters. The van der Waals surface area contributed by atoms with Gasteiger partial charge in [-0.2, -0.15) is 0 Å². The monoisotopic (exact) mass is 274 g/mol. The van der Waals surface area contributed by atoms with Gasteiger partial charge in [-0.25, -0.2) is 9.59 Å². The van der Waals surface area contributed by atoms with Gasteiger partial charge in [0.2, 0.25) is 0 Å². The molecule has 0 aromatic rings. The van der Waals surface area contributed by atoms with Crippen LogP contribution in [-0.4, -0.2) is 53.3 Å². The highest BCUT2D eigenvalue weighted by Gasteiger charge is 2.16. The maximum atomic E-state index is 9.55. The lowest BCUT2D eigenvalue weighted by Gasteiger charge is -2.33. The van der Waals surface area contributed by atoms with Gasteiger partial charge in [-0.3, -0.25) is 0 Å². The number of carboxylic acids is 2. The van der Waals surface area contributed by atoms with E-state index in [-0.39, 0.29) is 0 Å². The van der Waals surface area contributed by atoms with Crippen molar-refractivity contribution in [2.45, 2.75) is 40.0 Å². The Balaban J connectivity index is 0. The number of nitrogens with zero attached hydrogens (tertiary/aromatic N) is 1. The molecule has 5 heteroatoms. The molecule has 0 rings (SSSR count). The number of hydrogen-bond donors (Lipinski definition) is 2. The van der Waals surface area contributed by atoms with E-state index < -0.39 is 11.9 Å². The molecule has 2 N–H and O–H groups in total. The SMILES string of the molecule is CCC[N+](C)(CCC)CCC.O=C(O)/C=C\C(=O)O. The van der Waals surface area contributed by atoms with Crippen LogP contribution in [-0.2, 0) is 9.59 Å². The third-order valence-corrected chi connectivity index (χ3v) is 2.66. The third-order valence-electron chi connectivity index (χ3n) is 2.66. The lowest BCUT2D eigenvalue weighted by Crippen LogP contribution is -2.45. The Morgan fingerprint density at radius 3 is 1.26 bits per heavy atom. The Kier molecular flexibility index (Phi) is 12.3. The standard InChI is InChI=1S/C10H24N.C4H4O4/c1-5-8-11(4,9-6-2)10-7-3;5-3(6)1-2-4(7)8/h5-10H2,1-4H3;1-2H,(H,5,6)(H,7,8)/q+1;/b;2-1-. The van der Waals surface area contributed by atoms with E-state index in [4.69, 9.17) is 10.2 Å². The number of quaternary nitrogens is 1. The summed E-state index contributed by atoms with van der Waals surface area (Å²) in [5, 5.41) is 15.6. The van der Waals surface area contributed by atoms with E-state index in [0.29, 0.717) is 12.2 Å². The van der Waals surface area contributed by atoms with Gasteiger partial charge in [-0.05, 0) is 19.3 Å². The van der Waals surface area contributed by atoms with Crippen LogP contribution < -0.4 is 0 Å². The Labute approximate surface area is 116 Å². The molecule has 19 heavy (non-hydrogen) atoms. The third kappa shape index (κ3) is 14.6. The summed E-state index contributed by atoms with van der Waals surface area (Å²) >= 11 is 0. The summed E-state index contributed by atoms with van der Waals surface area (Å²) in [4.78, 5) is 19.1. The molecule has 0 aliphatic heterocycles. The van der Waals surface area contributed by atoms with Crippen molar-refractivity contribution >= 4 is 11.9 Å². The van der Waals surface area contributed by atoms with Crippen LogP contribution in [0.25, 0.3) is 0 Å². The normalized spacial score (nSPS) is 10.9. The maximum absolute atomic E-state index is 9.55. The first-order valence-corrected chi connectivity index (χ1v) is 6.78. The fraction of sp³-hybridized carbons (Fsp3) is 0.714. The summed E-state index contributed by atoms with van der Waals surface area (Å²) in [5.74, 6) is -2.51. The van der Waals surface area contributed by atoms with Crippen molar-refractivity contribution in [2.75, 3.05) is 26.7 Å². The number of hydrogen-bond acceptors (Lipinski definition) is 2. The summed E-state index contributed by atoms with van der Waals surface area (Å²) in [6.45, 7) is 10.9. The first-order valence-electron chi connectivity index (χ1n) is 6.78. The molecular weight excluding hydrogens is 246 g/mol. The predicted octanol–water partition coefficient (Wildman–Crippen LogP) is 2.37. The minimum Gasteiger partial charge on any atom is -0.478 e. The van der Waals surface area contributed by atoms with Gasteiger partial charge in [0.25, 0.3) is 0 Å². The Morgan fingerprint density at radius 1 is 0.842 bits per heavy atom. The van der Waals surface area contributed by atoms with Gasteiger partial charge >= 0.3 is 11.9 Å². The molecule has 0 spiro atoms. The molecule has 0 aliphatic rings. The van der Waals surface area contributed by atoms with Crippen LogP contribution in [0.1, 0.15) is 40.0 Å². The molecule has 112 valence electrons. The van der Waals surface area contributed by atoms with Crippen LogP contribution >= 0.6 is 0 Å². The van der Waals surface area contributed by atoms with Gasteiger partial charge in [0.05, 0.1) is 26.7 Å². The molecular formula is C14H28NO4+. The van der Waals surface area contributed by atoms with Crippen molar-refractivity contribution in [3.63, 3.8) is 0 Å². The van der Waals surface area contributed by atoms with E-state index in [2.05, 4.69) is 27.8 Å². The van der Waals surface area contributed by atoms with Crippen LogP contribution in [0.2, 0.25) is 0 Å². The van der Waals surface area contributed by atoms with Crippen LogP contribution in [0.4, 0.5) is 0 Å². The van der Waals surface area contributed by atoms with Crippen LogP contribution in [0.5, 0.6) is 0 Å². The zero-order valence-electron chi connectivity index (χ0n) is 12.6. The first kappa shape index (κ1) is 20.0. The van der Waals surface area contributed by atoms with Gasteiger partial charge in [-0.15, -0.1) is 0 Å². The predicted molar refractivity (Wildman–Crippen MR) is 76.1 cm³/mol. The number of rotatable bonds is 8. The molecule has 0 aliphatic carbocycles. The summed E-state index contributed by atoms with van der Waals surface area (Å²) in [5.41, 5.74) is 0. The second kappa shape index (κ2) is 11.7. The molecule has 0 saturated heterocycles. The molecule has 0 heterocycles. The van der Waals surface area contributed by atoms with Gasteiger partial charge in [0.1, 0.15) is 0 Å². The molecule has 0 saturated carbocycles. The zero-order chi connectivity index (χ0) is 15.3. The number of carbonyl (C=O) groups is 2. The van der Waals surface area contributed by atoms with E-state index in [0.717, 1.165) is 0 Å². The second-order valence-corrected chi connectivity index (χ2v) is 4.80. The van der Waals surface area contributed by atoms with Crippen molar-refractivity contribution in [2.24, 2.45) is 0 Å². The Bertz CT molecular complexity index is 254. The minimum absolute atomic E-state index is 0.558. The quantitative estimate of drug-likeness (QED) is 0.526. The lowest BCUT2D eigenvalue weighted by atomic mass is 10.2. The van der Waals surface area contributed by atoms with Gasteiger partial charge in [0.15, 0.2) is 0 Å². The van der Waals surface area contributed by atoms with Crippen molar-refractivity contribution in [1.29, 1.82) is 0 Å². The van der Waals surface area contributed by atoms with Gasteiger partial charge in [0, 0.05) is 12.2 Å². The molecule has 0 radical (unpaired) electrons. The van der Waals surface area contributed by atoms with Gasteiger partial charge in [-0.1, -0.05) is 20.8 Å². The van der Waals surface area contributed by atoms with E-state index in [1.165, 1.54) is 43.4 Å². The number of aliphatic carboxylic acids is 2. The molecule has 0 amide bonds. The van der Waals surface area contributed by atoms with Crippen LogP contribution in [0, 0.1) is 0 Å². The summed E-state index contributed by atoms with van der Waals surface area (Å²) < 4.78 is 1.28.